The molecule has 17 heavy (non-hydrogen) atoms. The quantitative estimate of drug-likeness (QED) is 0.708. The number of halogens is 1. The van der Waals surface area contributed by atoms with Gasteiger partial charge in [-0.1, -0.05) is 15.9 Å². The minimum atomic E-state index is -0.0490. The summed E-state index contributed by atoms with van der Waals surface area (Å²) >= 11 is 3.38. The Hall–Kier alpha value is -0.880. The fraction of sp³-hybridized carbons (Fsp3) is 0.636. The molecule has 0 aromatic carbocycles. The number of hydrogen-bond donors (Lipinski definition) is 0. The molecule has 0 saturated carbocycles. The summed E-state index contributed by atoms with van der Waals surface area (Å²) in [5.41, 5.74) is -0.0490. The lowest BCUT2D eigenvalue weighted by atomic mass is 10.4. The van der Waals surface area contributed by atoms with Crippen LogP contribution in [0.3, 0.4) is 0 Å². The van der Waals surface area contributed by atoms with Crippen LogP contribution in [-0.2, 0) is 11.3 Å². The highest BCUT2D eigenvalue weighted by molar-refractivity contribution is 9.09. The molecule has 0 bridgehead atoms. The summed E-state index contributed by atoms with van der Waals surface area (Å²) in [6.07, 6.45) is 3.36. The van der Waals surface area contributed by atoms with Gasteiger partial charge in [0.15, 0.2) is 5.82 Å². The molecule has 0 N–H and O–H groups in total. The number of aryl methyl sites for hydroxylation is 1. The van der Waals surface area contributed by atoms with Crippen LogP contribution in [0.5, 0.6) is 0 Å². The van der Waals surface area contributed by atoms with Gasteiger partial charge >= 0.3 is 0 Å². The van der Waals surface area contributed by atoms with Crippen molar-refractivity contribution in [2.45, 2.75) is 13.5 Å². The number of ether oxygens (including phenoxy) is 1. The van der Waals surface area contributed by atoms with Crippen LogP contribution in [0.15, 0.2) is 17.2 Å². The Bertz CT molecular complexity index is 395. The van der Waals surface area contributed by atoms with Crippen molar-refractivity contribution in [1.29, 1.82) is 0 Å². The largest absolute Gasteiger partial charge is 0.383 e. The van der Waals surface area contributed by atoms with E-state index >= 15 is 0 Å². The molecule has 0 aliphatic carbocycles. The molecule has 0 aliphatic heterocycles. The van der Waals surface area contributed by atoms with Gasteiger partial charge in [-0.2, -0.15) is 0 Å². The molecule has 5 nitrogen and oxygen atoms in total. The smallest absolute Gasteiger partial charge is 0.293 e. The normalized spacial score (nSPS) is 10.5. The van der Waals surface area contributed by atoms with Crippen molar-refractivity contribution in [3.05, 3.63) is 22.7 Å². The van der Waals surface area contributed by atoms with E-state index in [4.69, 9.17) is 4.74 Å². The summed E-state index contributed by atoms with van der Waals surface area (Å²) in [6, 6.07) is 0. The molecule has 1 heterocycles. The molecular formula is C11H18BrN3O2. The average Bonchev–Trinajstić information content (AvgIpc) is 2.35. The van der Waals surface area contributed by atoms with Gasteiger partial charge < -0.3 is 14.2 Å². The first kappa shape index (κ1) is 14.2. The zero-order valence-electron chi connectivity index (χ0n) is 10.2. The maximum Gasteiger partial charge on any atom is 0.293 e. The summed E-state index contributed by atoms with van der Waals surface area (Å²) < 4.78 is 6.69. The fourth-order valence-corrected chi connectivity index (χ4v) is 1.96. The van der Waals surface area contributed by atoms with Gasteiger partial charge in [0.05, 0.1) is 6.61 Å². The third-order valence-corrected chi connectivity index (χ3v) is 2.81. The monoisotopic (exact) mass is 303 g/mol. The molecule has 96 valence electrons. The van der Waals surface area contributed by atoms with Gasteiger partial charge in [0.2, 0.25) is 0 Å². The SMILES string of the molecule is CCn1ccnc(N(CCBr)CCOC)c1=O. The van der Waals surface area contributed by atoms with E-state index in [9.17, 15) is 4.79 Å². The standard InChI is InChI=1S/C11H18BrN3O2/c1-3-14-7-5-13-10(11(14)16)15(6-4-12)8-9-17-2/h5,7H,3-4,6,8-9H2,1-2H3. The number of anilines is 1. The van der Waals surface area contributed by atoms with Gasteiger partial charge in [0.25, 0.3) is 5.56 Å². The van der Waals surface area contributed by atoms with Crippen molar-refractivity contribution in [3.8, 4) is 0 Å². The highest BCUT2D eigenvalue weighted by Gasteiger charge is 2.12. The Morgan fingerprint density at radius 2 is 2.29 bits per heavy atom. The molecule has 1 rings (SSSR count). The number of aromatic nitrogens is 2. The van der Waals surface area contributed by atoms with Gasteiger partial charge in [0, 0.05) is 44.5 Å². The lowest BCUT2D eigenvalue weighted by molar-refractivity contribution is 0.205. The van der Waals surface area contributed by atoms with Crippen LogP contribution in [0.1, 0.15) is 6.92 Å². The zero-order valence-corrected chi connectivity index (χ0v) is 11.8. The zero-order chi connectivity index (χ0) is 12.7. The van der Waals surface area contributed by atoms with E-state index in [1.165, 1.54) is 0 Å². The molecular weight excluding hydrogens is 286 g/mol. The third kappa shape index (κ3) is 3.81. The second-order valence-electron chi connectivity index (χ2n) is 3.51. The van der Waals surface area contributed by atoms with Crippen LogP contribution >= 0.6 is 15.9 Å². The van der Waals surface area contributed by atoms with Gasteiger partial charge in [-0.25, -0.2) is 4.98 Å². The molecule has 0 atom stereocenters. The Morgan fingerprint density at radius 3 is 2.88 bits per heavy atom. The minimum Gasteiger partial charge on any atom is -0.383 e. The van der Waals surface area contributed by atoms with Gasteiger partial charge in [-0.15, -0.1) is 0 Å². The number of hydrogen-bond acceptors (Lipinski definition) is 4. The number of rotatable bonds is 7. The fourth-order valence-electron chi connectivity index (χ4n) is 1.53. The molecule has 0 spiro atoms. The van der Waals surface area contributed by atoms with Crippen LogP contribution in [0.25, 0.3) is 0 Å². The van der Waals surface area contributed by atoms with Gasteiger partial charge in [-0.05, 0) is 6.92 Å². The molecule has 0 aliphatic rings. The van der Waals surface area contributed by atoms with Crippen molar-refractivity contribution in [1.82, 2.24) is 9.55 Å². The van der Waals surface area contributed by atoms with Crippen LogP contribution in [-0.4, -0.2) is 41.7 Å². The summed E-state index contributed by atoms with van der Waals surface area (Å²) in [5.74, 6) is 0.492. The Labute approximate surface area is 110 Å². The maximum atomic E-state index is 12.1. The minimum absolute atomic E-state index is 0.0490. The predicted octanol–water partition coefficient (Wildman–Crippen LogP) is 1.11. The average molecular weight is 304 g/mol. The second kappa shape index (κ2) is 7.45. The Kier molecular flexibility index (Phi) is 6.21. The summed E-state index contributed by atoms with van der Waals surface area (Å²) in [7, 11) is 1.65. The second-order valence-corrected chi connectivity index (χ2v) is 4.30. The van der Waals surface area contributed by atoms with E-state index in [-0.39, 0.29) is 5.56 Å². The Balaban J connectivity index is 2.96. The predicted molar refractivity (Wildman–Crippen MR) is 72.1 cm³/mol. The molecule has 1 aromatic heterocycles. The van der Waals surface area contributed by atoms with Crippen LogP contribution < -0.4 is 10.5 Å². The van der Waals surface area contributed by atoms with Crippen LogP contribution in [0, 0.1) is 0 Å². The number of alkyl halides is 1. The maximum absolute atomic E-state index is 12.1. The number of methoxy groups -OCH3 is 1. The summed E-state index contributed by atoms with van der Waals surface area (Å²) in [5, 5.41) is 0.791. The van der Waals surface area contributed by atoms with Crippen molar-refractivity contribution >= 4 is 21.7 Å². The molecule has 0 saturated heterocycles. The summed E-state index contributed by atoms with van der Waals surface area (Å²) in [6.45, 7) is 4.57. The first-order chi connectivity index (χ1) is 8.24. The van der Waals surface area contributed by atoms with E-state index in [0.717, 1.165) is 11.9 Å². The van der Waals surface area contributed by atoms with E-state index in [1.807, 2.05) is 11.8 Å². The molecule has 0 unspecified atom stereocenters. The van der Waals surface area contributed by atoms with Crippen LogP contribution in [0.4, 0.5) is 5.82 Å². The van der Waals surface area contributed by atoms with E-state index in [2.05, 4.69) is 20.9 Å². The van der Waals surface area contributed by atoms with Crippen LogP contribution in [0.2, 0.25) is 0 Å². The van der Waals surface area contributed by atoms with E-state index in [1.54, 1.807) is 24.1 Å². The molecule has 6 heteroatoms. The topological polar surface area (TPSA) is 47.4 Å². The van der Waals surface area contributed by atoms with Crippen molar-refractivity contribution in [2.24, 2.45) is 0 Å². The van der Waals surface area contributed by atoms with Crippen molar-refractivity contribution in [2.75, 3.05) is 37.0 Å². The van der Waals surface area contributed by atoms with Gasteiger partial charge in [-0.3, -0.25) is 4.79 Å². The highest BCUT2D eigenvalue weighted by Crippen LogP contribution is 2.04. The number of nitrogens with zero attached hydrogens (tertiary/aromatic N) is 3. The van der Waals surface area contributed by atoms with E-state index < -0.39 is 0 Å². The molecule has 0 amide bonds. The highest BCUT2D eigenvalue weighted by atomic mass is 79.9. The van der Waals surface area contributed by atoms with Crippen molar-refractivity contribution < 1.29 is 4.74 Å². The van der Waals surface area contributed by atoms with Crippen molar-refractivity contribution in [3.63, 3.8) is 0 Å². The summed E-state index contributed by atoms with van der Waals surface area (Å²) in [4.78, 5) is 18.2. The lowest BCUT2D eigenvalue weighted by Gasteiger charge is -2.22. The molecule has 1 aromatic rings. The first-order valence-electron chi connectivity index (χ1n) is 5.59. The molecule has 0 radical (unpaired) electrons. The third-order valence-electron chi connectivity index (χ3n) is 2.46. The van der Waals surface area contributed by atoms with Gasteiger partial charge in [0.1, 0.15) is 0 Å². The molecule has 0 fully saturated rings. The van der Waals surface area contributed by atoms with E-state index in [0.29, 0.717) is 25.5 Å². The first-order valence-corrected chi connectivity index (χ1v) is 6.72. The lowest BCUT2D eigenvalue weighted by Crippen LogP contribution is -2.36. The Morgan fingerprint density at radius 1 is 1.53 bits per heavy atom.